The predicted octanol–water partition coefficient (Wildman–Crippen LogP) is 1.67. The summed E-state index contributed by atoms with van der Waals surface area (Å²) in [5, 5.41) is 0. The van der Waals surface area contributed by atoms with Crippen LogP contribution >= 0.6 is 10.7 Å². The lowest BCUT2D eigenvalue weighted by atomic mass is 10.1. The highest BCUT2D eigenvalue weighted by Crippen LogP contribution is 2.40. The number of halogens is 1. The number of aryl methyl sites for hydroxylation is 1. The summed E-state index contributed by atoms with van der Waals surface area (Å²) in [6, 6.07) is 3.11. The zero-order chi connectivity index (χ0) is 13.7. The Bertz CT molecular complexity index is 626. The molecule has 0 N–H and O–H groups in total. The molecule has 0 radical (unpaired) electrons. The number of hydrogen-bond donors (Lipinski definition) is 0. The normalized spacial score (nSPS) is 19.4. The van der Waals surface area contributed by atoms with Crippen LogP contribution in [0.25, 0.3) is 0 Å². The molecule has 1 atom stereocenters. The molecule has 0 saturated carbocycles. The van der Waals surface area contributed by atoms with Gasteiger partial charge in [-0.2, -0.15) is 0 Å². The molecule has 0 aliphatic carbocycles. The highest BCUT2D eigenvalue weighted by molar-refractivity contribution is 8.13. The molecule has 2 rings (SSSR count). The van der Waals surface area contributed by atoms with Crippen LogP contribution in [0.5, 0.6) is 5.75 Å². The Labute approximate surface area is 110 Å². The number of carbonyl (C=O) groups is 1. The zero-order valence-electron chi connectivity index (χ0n) is 10.1. The molecule has 0 spiro atoms. The number of hydrogen-bond acceptors (Lipinski definition) is 4. The lowest BCUT2D eigenvalue weighted by Crippen LogP contribution is -2.42. The Morgan fingerprint density at radius 3 is 2.56 bits per heavy atom. The summed E-state index contributed by atoms with van der Waals surface area (Å²) < 4.78 is 28.4. The maximum atomic E-state index is 11.8. The molecular weight excluding hydrogens is 278 g/mol. The number of anilines is 1. The number of rotatable bonds is 1. The molecule has 1 aromatic rings. The Balaban J connectivity index is 2.75. The van der Waals surface area contributed by atoms with Crippen molar-refractivity contribution in [3.63, 3.8) is 0 Å². The third-order valence-electron chi connectivity index (χ3n) is 2.78. The lowest BCUT2D eigenvalue weighted by Gasteiger charge is -2.31. The summed E-state index contributed by atoms with van der Waals surface area (Å²) in [5.74, 6) is -0.101. The number of carbonyl (C=O) groups excluding carboxylic acids is 1. The molecule has 1 aliphatic rings. The number of fused-ring (bicyclic) bond motifs is 1. The minimum atomic E-state index is -3.92. The summed E-state index contributed by atoms with van der Waals surface area (Å²) in [7, 11) is 3.04. The SMILES string of the molecule is Cc1cc2c(c(S(=O)(=O)Cl)c1)OC(C)C(=O)N2C. The standard InChI is InChI=1S/C11H12ClNO4S/c1-6-4-8-10(9(5-6)18(12,15)16)17-7(2)11(14)13(8)3/h4-5,7H,1-3H3. The minimum Gasteiger partial charge on any atom is -0.477 e. The van der Waals surface area contributed by atoms with Gasteiger partial charge in [0.15, 0.2) is 11.9 Å². The Morgan fingerprint density at radius 1 is 1.39 bits per heavy atom. The fourth-order valence-electron chi connectivity index (χ4n) is 1.89. The molecular formula is C11H12ClNO4S. The first kappa shape index (κ1) is 13.2. The molecule has 1 aromatic carbocycles. The van der Waals surface area contributed by atoms with Crippen LogP contribution in [0.1, 0.15) is 12.5 Å². The Hall–Kier alpha value is -1.27. The van der Waals surface area contributed by atoms with Crippen LogP contribution in [-0.4, -0.2) is 27.5 Å². The summed E-state index contributed by atoms with van der Waals surface area (Å²) >= 11 is 0. The fraction of sp³-hybridized carbons (Fsp3) is 0.364. The van der Waals surface area contributed by atoms with Gasteiger partial charge >= 0.3 is 0 Å². The molecule has 1 amide bonds. The molecule has 0 aromatic heterocycles. The predicted molar refractivity (Wildman–Crippen MR) is 67.7 cm³/mol. The molecule has 1 aliphatic heterocycles. The van der Waals surface area contributed by atoms with Gasteiger partial charge in [-0.05, 0) is 31.5 Å². The summed E-state index contributed by atoms with van der Waals surface area (Å²) in [6.07, 6.45) is -0.734. The van der Waals surface area contributed by atoms with Gasteiger partial charge in [-0.1, -0.05) is 0 Å². The van der Waals surface area contributed by atoms with Crippen molar-refractivity contribution in [2.24, 2.45) is 0 Å². The van der Waals surface area contributed by atoms with E-state index in [-0.39, 0.29) is 16.6 Å². The van der Waals surface area contributed by atoms with Gasteiger partial charge < -0.3 is 9.64 Å². The first-order chi connectivity index (χ1) is 8.21. The molecule has 0 fully saturated rings. The van der Waals surface area contributed by atoms with E-state index in [0.29, 0.717) is 11.3 Å². The smallest absolute Gasteiger partial charge is 0.267 e. The van der Waals surface area contributed by atoms with Gasteiger partial charge in [0.1, 0.15) is 4.90 Å². The van der Waals surface area contributed by atoms with Crippen molar-refractivity contribution >= 4 is 31.3 Å². The number of ether oxygens (including phenoxy) is 1. The largest absolute Gasteiger partial charge is 0.477 e. The van der Waals surface area contributed by atoms with Crippen molar-refractivity contribution in [1.29, 1.82) is 0 Å². The zero-order valence-corrected chi connectivity index (χ0v) is 11.7. The van der Waals surface area contributed by atoms with Gasteiger partial charge in [-0.3, -0.25) is 4.79 Å². The quantitative estimate of drug-likeness (QED) is 0.738. The van der Waals surface area contributed by atoms with E-state index >= 15 is 0 Å². The molecule has 1 heterocycles. The number of amides is 1. The van der Waals surface area contributed by atoms with Gasteiger partial charge in [0, 0.05) is 17.7 Å². The maximum Gasteiger partial charge on any atom is 0.267 e. The number of likely N-dealkylation sites (N-methyl/N-ethyl adjacent to an activating group) is 1. The van der Waals surface area contributed by atoms with Gasteiger partial charge in [0.2, 0.25) is 0 Å². The van der Waals surface area contributed by atoms with Crippen LogP contribution in [0, 0.1) is 6.92 Å². The van der Waals surface area contributed by atoms with Gasteiger partial charge in [0.05, 0.1) is 5.69 Å². The highest BCUT2D eigenvalue weighted by atomic mass is 35.7. The summed E-state index contributed by atoms with van der Waals surface area (Å²) in [4.78, 5) is 13.0. The molecule has 7 heteroatoms. The van der Waals surface area contributed by atoms with Crippen molar-refractivity contribution in [3.8, 4) is 5.75 Å². The second-order valence-corrected chi connectivity index (χ2v) is 6.74. The van der Waals surface area contributed by atoms with Crippen molar-refractivity contribution in [2.75, 3.05) is 11.9 Å². The number of benzene rings is 1. The average Bonchev–Trinajstić information content (AvgIpc) is 2.25. The summed E-state index contributed by atoms with van der Waals surface area (Å²) in [5.41, 5.74) is 1.10. The van der Waals surface area contributed by atoms with E-state index in [1.165, 1.54) is 11.0 Å². The third kappa shape index (κ3) is 2.06. The van der Waals surface area contributed by atoms with Crippen LogP contribution in [0.4, 0.5) is 5.69 Å². The molecule has 0 saturated heterocycles. The highest BCUT2D eigenvalue weighted by Gasteiger charge is 2.33. The Kier molecular flexibility index (Phi) is 3.03. The van der Waals surface area contributed by atoms with Crippen molar-refractivity contribution in [1.82, 2.24) is 0 Å². The fourth-order valence-corrected chi connectivity index (χ4v) is 2.93. The first-order valence-corrected chi connectivity index (χ1v) is 7.56. The van der Waals surface area contributed by atoms with Crippen LogP contribution in [-0.2, 0) is 13.8 Å². The van der Waals surface area contributed by atoms with Crippen molar-refractivity contribution in [2.45, 2.75) is 24.8 Å². The van der Waals surface area contributed by atoms with Crippen LogP contribution in [0.15, 0.2) is 17.0 Å². The van der Waals surface area contributed by atoms with Gasteiger partial charge in [-0.25, -0.2) is 8.42 Å². The van der Waals surface area contributed by atoms with E-state index in [1.54, 1.807) is 27.0 Å². The molecule has 98 valence electrons. The van der Waals surface area contributed by atoms with Crippen LogP contribution in [0.3, 0.4) is 0 Å². The molecule has 0 bridgehead atoms. The van der Waals surface area contributed by atoms with E-state index in [9.17, 15) is 13.2 Å². The van der Waals surface area contributed by atoms with E-state index in [4.69, 9.17) is 15.4 Å². The number of nitrogens with zero attached hydrogens (tertiary/aromatic N) is 1. The van der Waals surface area contributed by atoms with Crippen LogP contribution in [0.2, 0.25) is 0 Å². The van der Waals surface area contributed by atoms with Crippen molar-refractivity contribution in [3.05, 3.63) is 17.7 Å². The second kappa shape index (κ2) is 4.13. The molecule has 5 nitrogen and oxygen atoms in total. The Morgan fingerprint density at radius 2 is 2.00 bits per heavy atom. The van der Waals surface area contributed by atoms with Crippen LogP contribution < -0.4 is 9.64 Å². The molecule has 18 heavy (non-hydrogen) atoms. The van der Waals surface area contributed by atoms with E-state index in [1.807, 2.05) is 0 Å². The van der Waals surface area contributed by atoms with E-state index in [2.05, 4.69) is 0 Å². The monoisotopic (exact) mass is 289 g/mol. The van der Waals surface area contributed by atoms with Crippen molar-refractivity contribution < 1.29 is 17.9 Å². The van der Waals surface area contributed by atoms with E-state index in [0.717, 1.165) is 0 Å². The first-order valence-electron chi connectivity index (χ1n) is 5.25. The summed E-state index contributed by atoms with van der Waals surface area (Å²) in [6.45, 7) is 3.29. The topological polar surface area (TPSA) is 63.7 Å². The molecule has 1 unspecified atom stereocenters. The van der Waals surface area contributed by atoms with E-state index < -0.39 is 15.2 Å². The third-order valence-corrected chi connectivity index (χ3v) is 4.10. The lowest BCUT2D eigenvalue weighted by molar-refractivity contribution is -0.125. The minimum absolute atomic E-state index is 0.106. The van der Waals surface area contributed by atoms with Gasteiger partial charge in [0.25, 0.3) is 15.0 Å². The van der Waals surface area contributed by atoms with Gasteiger partial charge in [-0.15, -0.1) is 0 Å². The maximum absolute atomic E-state index is 11.8. The second-order valence-electron chi connectivity index (χ2n) is 4.21. The average molecular weight is 290 g/mol.